The maximum Gasteiger partial charge on any atom is 0.103 e. The molecule has 1 aliphatic heterocycles. The highest BCUT2D eigenvalue weighted by Gasteiger charge is 2.32. The van der Waals surface area contributed by atoms with E-state index < -0.39 is 5.60 Å². The zero-order valence-corrected chi connectivity index (χ0v) is 13.4. The van der Waals surface area contributed by atoms with E-state index in [0.29, 0.717) is 13.2 Å². The van der Waals surface area contributed by atoms with Crippen LogP contribution in [0.4, 0.5) is 5.69 Å². The van der Waals surface area contributed by atoms with E-state index in [1.807, 2.05) is 20.0 Å². The largest absolute Gasteiger partial charge is 0.388 e. The van der Waals surface area contributed by atoms with E-state index in [4.69, 9.17) is 4.74 Å². The molecule has 20 heavy (non-hydrogen) atoms. The third kappa shape index (κ3) is 4.46. The summed E-state index contributed by atoms with van der Waals surface area (Å²) in [6.07, 6.45) is 2.71. The minimum atomic E-state index is -0.810. The Balaban J connectivity index is 0.000000956. The van der Waals surface area contributed by atoms with Crippen molar-refractivity contribution in [2.75, 3.05) is 24.6 Å². The van der Waals surface area contributed by atoms with Gasteiger partial charge in [0.25, 0.3) is 0 Å². The second-order valence-electron chi connectivity index (χ2n) is 5.32. The standard InChI is InChI=1S/C14H22N2O2.C2H6/c1-4-11-5-6-12(9-15-11)16-7-8-18-13(10-16)14(2,3)17;1-2/h5-6,9,13,17H,4,7-8,10H2,1-3H3;1-2H3. The Morgan fingerprint density at radius 1 is 1.40 bits per heavy atom. The van der Waals surface area contributed by atoms with Crippen LogP contribution in [-0.4, -0.2) is 41.5 Å². The van der Waals surface area contributed by atoms with Crippen molar-refractivity contribution in [3.63, 3.8) is 0 Å². The van der Waals surface area contributed by atoms with Gasteiger partial charge in [-0.25, -0.2) is 0 Å². The molecule has 1 saturated heterocycles. The maximum atomic E-state index is 10.0. The number of hydrogen-bond donors (Lipinski definition) is 1. The Morgan fingerprint density at radius 3 is 2.60 bits per heavy atom. The van der Waals surface area contributed by atoms with E-state index >= 15 is 0 Å². The Hall–Kier alpha value is -1.13. The minimum absolute atomic E-state index is 0.155. The van der Waals surface area contributed by atoms with Gasteiger partial charge in [-0.05, 0) is 32.4 Å². The smallest absolute Gasteiger partial charge is 0.103 e. The molecule has 1 aromatic rings. The van der Waals surface area contributed by atoms with Crippen molar-refractivity contribution in [2.45, 2.75) is 52.7 Å². The highest BCUT2D eigenvalue weighted by molar-refractivity contribution is 5.45. The predicted octanol–water partition coefficient (Wildman–Crippen LogP) is 2.65. The van der Waals surface area contributed by atoms with Crippen LogP contribution in [0.1, 0.15) is 40.3 Å². The van der Waals surface area contributed by atoms with E-state index in [1.165, 1.54) is 0 Å². The van der Waals surface area contributed by atoms with Crippen LogP contribution in [0, 0.1) is 0 Å². The molecule has 1 aliphatic rings. The van der Waals surface area contributed by atoms with E-state index in [-0.39, 0.29) is 6.10 Å². The van der Waals surface area contributed by atoms with Gasteiger partial charge in [-0.3, -0.25) is 4.98 Å². The van der Waals surface area contributed by atoms with Crippen LogP contribution < -0.4 is 4.90 Å². The number of rotatable bonds is 3. The number of anilines is 1. The molecule has 2 rings (SSSR count). The van der Waals surface area contributed by atoms with Gasteiger partial charge in [-0.1, -0.05) is 20.8 Å². The molecule has 0 saturated carbocycles. The Bertz CT molecular complexity index is 384. The maximum absolute atomic E-state index is 10.0. The zero-order valence-electron chi connectivity index (χ0n) is 13.4. The molecule has 1 fully saturated rings. The summed E-state index contributed by atoms with van der Waals surface area (Å²) in [5, 5.41) is 10.0. The van der Waals surface area contributed by atoms with Gasteiger partial charge in [-0.2, -0.15) is 0 Å². The number of hydrogen-bond acceptors (Lipinski definition) is 4. The van der Waals surface area contributed by atoms with Crippen molar-refractivity contribution >= 4 is 5.69 Å². The van der Waals surface area contributed by atoms with Crippen molar-refractivity contribution in [1.29, 1.82) is 0 Å². The molecule has 4 nitrogen and oxygen atoms in total. The monoisotopic (exact) mass is 280 g/mol. The van der Waals surface area contributed by atoms with Gasteiger partial charge < -0.3 is 14.7 Å². The normalized spacial score (nSPS) is 19.3. The van der Waals surface area contributed by atoms with Gasteiger partial charge in [0.1, 0.15) is 6.10 Å². The molecule has 0 radical (unpaired) electrons. The predicted molar refractivity (Wildman–Crippen MR) is 83.2 cm³/mol. The molecule has 1 N–H and O–H groups in total. The van der Waals surface area contributed by atoms with Crippen LogP contribution >= 0.6 is 0 Å². The van der Waals surface area contributed by atoms with Crippen LogP contribution in [0.5, 0.6) is 0 Å². The van der Waals surface area contributed by atoms with E-state index in [0.717, 1.165) is 24.3 Å². The average molecular weight is 280 g/mol. The Morgan fingerprint density at radius 2 is 2.10 bits per heavy atom. The van der Waals surface area contributed by atoms with Gasteiger partial charge >= 0.3 is 0 Å². The quantitative estimate of drug-likeness (QED) is 0.924. The topological polar surface area (TPSA) is 45.6 Å². The van der Waals surface area contributed by atoms with Crippen molar-refractivity contribution in [1.82, 2.24) is 4.98 Å². The molecular weight excluding hydrogens is 252 g/mol. The molecule has 0 bridgehead atoms. The number of morpholine rings is 1. The SMILES string of the molecule is CC.CCc1ccc(N2CCOC(C(C)(C)O)C2)cn1. The fraction of sp³-hybridized carbons (Fsp3) is 0.688. The third-order valence-corrected chi connectivity index (χ3v) is 3.39. The van der Waals surface area contributed by atoms with Gasteiger partial charge in [0.05, 0.1) is 24.1 Å². The average Bonchev–Trinajstić information content (AvgIpc) is 2.49. The van der Waals surface area contributed by atoms with Crippen LogP contribution in [0.25, 0.3) is 0 Å². The summed E-state index contributed by atoms with van der Waals surface area (Å²) in [4.78, 5) is 6.64. The fourth-order valence-electron chi connectivity index (χ4n) is 2.12. The lowest BCUT2D eigenvalue weighted by Crippen LogP contribution is -2.52. The molecule has 1 atom stereocenters. The van der Waals surface area contributed by atoms with Crippen LogP contribution in [0.15, 0.2) is 18.3 Å². The number of aromatic nitrogens is 1. The first-order chi connectivity index (χ1) is 9.50. The molecule has 1 aromatic heterocycles. The van der Waals surface area contributed by atoms with E-state index in [9.17, 15) is 5.11 Å². The summed E-state index contributed by atoms with van der Waals surface area (Å²) in [7, 11) is 0. The molecular formula is C16H28N2O2. The first kappa shape index (κ1) is 16.9. The highest BCUT2D eigenvalue weighted by Crippen LogP contribution is 2.22. The van der Waals surface area contributed by atoms with Gasteiger partial charge in [0.2, 0.25) is 0 Å². The highest BCUT2D eigenvalue weighted by atomic mass is 16.5. The lowest BCUT2D eigenvalue weighted by atomic mass is 10.00. The van der Waals surface area contributed by atoms with Gasteiger partial charge in [0.15, 0.2) is 0 Å². The lowest BCUT2D eigenvalue weighted by molar-refractivity contribution is -0.0928. The van der Waals surface area contributed by atoms with E-state index in [2.05, 4.69) is 28.9 Å². The molecule has 0 aliphatic carbocycles. The summed E-state index contributed by atoms with van der Waals surface area (Å²) in [6, 6.07) is 4.16. The first-order valence-electron chi connectivity index (χ1n) is 7.54. The summed E-state index contributed by atoms with van der Waals surface area (Å²) < 4.78 is 5.63. The van der Waals surface area contributed by atoms with Crippen LogP contribution in [0.2, 0.25) is 0 Å². The molecule has 2 heterocycles. The van der Waals surface area contributed by atoms with E-state index in [1.54, 1.807) is 13.8 Å². The number of aliphatic hydroxyl groups is 1. The van der Waals surface area contributed by atoms with Gasteiger partial charge in [0, 0.05) is 18.8 Å². The van der Waals surface area contributed by atoms with Crippen LogP contribution in [0.3, 0.4) is 0 Å². The lowest BCUT2D eigenvalue weighted by Gasteiger charge is -2.39. The van der Waals surface area contributed by atoms with Crippen molar-refractivity contribution in [2.24, 2.45) is 0 Å². The third-order valence-electron chi connectivity index (χ3n) is 3.39. The Kier molecular flexibility index (Phi) is 6.43. The Labute approximate surface area is 122 Å². The van der Waals surface area contributed by atoms with Crippen molar-refractivity contribution < 1.29 is 9.84 Å². The summed E-state index contributed by atoms with van der Waals surface area (Å²) in [6.45, 7) is 11.9. The molecule has 114 valence electrons. The summed E-state index contributed by atoms with van der Waals surface area (Å²) in [5.41, 5.74) is 1.39. The second kappa shape index (κ2) is 7.60. The van der Waals surface area contributed by atoms with Crippen LogP contribution in [-0.2, 0) is 11.2 Å². The molecule has 1 unspecified atom stereocenters. The number of nitrogens with zero attached hydrogens (tertiary/aromatic N) is 2. The summed E-state index contributed by atoms with van der Waals surface area (Å²) in [5.74, 6) is 0. The molecule has 0 amide bonds. The zero-order chi connectivity index (χ0) is 15.2. The van der Waals surface area contributed by atoms with Crippen molar-refractivity contribution in [3.05, 3.63) is 24.0 Å². The fourth-order valence-corrected chi connectivity index (χ4v) is 2.12. The number of ether oxygens (including phenoxy) is 1. The minimum Gasteiger partial charge on any atom is -0.388 e. The molecule has 0 spiro atoms. The second-order valence-corrected chi connectivity index (χ2v) is 5.32. The first-order valence-corrected chi connectivity index (χ1v) is 7.54. The number of aryl methyl sites for hydroxylation is 1. The molecule has 4 heteroatoms. The molecule has 0 aromatic carbocycles. The van der Waals surface area contributed by atoms with Gasteiger partial charge in [-0.15, -0.1) is 0 Å². The number of pyridine rings is 1. The summed E-state index contributed by atoms with van der Waals surface area (Å²) >= 11 is 0. The van der Waals surface area contributed by atoms with Crippen molar-refractivity contribution in [3.8, 4) is 0 Å².